The summed E-state index contributed by atoms with van der Waals surface area (Å²) in [4.78, 5) is 0. The topological polar surface area (TPSA) is 20.2 Å². The van der Waals surface area contributed by atoms with Gasteiger partial charge >= 0.3 is 0 Å². The van der Waals surface area contributed by atoms with Crippen molar-refractivity contribution in [2.24, 2.45) is 0 Å². The molecule has 0 radical (unpaired) electrons. The number of phenols is 1. The molecule has 0 amide bonds. The van der Waals surface area contributed by atoms with Crippen molar-refractivity contribution in [3.63, 3.8) is 0 Å². The smallest absolute Gasteiger partial charge is 0.119 e. The number of benzene rings is 1. The molecular weight excluding hydrogens is 361 g/mol. The van der Waals surface area contributed by atoms with Crippen LogP contribution in [0.3, 0.4) is 0 Å². The van der Waals surface area contributed by atoms with Crippen LogP contribution in [0.15, 0.2) is 54.2 Å². The Morgan fingerprint density at radius 2 is 1.71 bits per heavy atom. The second kappa shape index (κ2) is 13.7. The lowest BCUT2D eigenvalue weighted by molar-refractivity contribution is -0.802. The highest BCUT2D eigenvalue weighted by atomic mass is 31.0. The van der Waals surface area contributed by atoms with Gasteiger partial charge in [0.1, 0.15) is 5.75 Å². The highest BCUT2D eigenvalue weighted by molar-refractivity contribution is 7.08. The van der Waals surface area contributed by atoms with E-state index in [1.54, 1.807) is 0 Å². The van der Waals surface area contributed by atoms with Crippen molar-refractivity contribution >= 4 is 9.39 Å². The summed E-state index contributed by atoms with van der Waals surface area (Å²) in [6, 6.07) is 6.49. The summed E-state index contributed by atoms with van der Waals surface area (Å²) in [7, 11) is 5.24. The average molecular weight is 405 g/mol. The van der Waals surface area contributed by atoms with Crippen molar-refractivity contribution in [1.82, 2.24) is 0 Å². The van der Waals surface area contributed by atoms with Gasteiger partial charge in [-0.3, -0.25) is 0 Å². The van der Waals surface area contributed by atoms with Crippen LogP contribution in [-0.2, 0) is 0 Å². The number of aromatic hydroxyl groups is 1. The second-order valence-corrected chi connectivity index (χ2v) is 8.51. The normalized spacial score (nSPS) is 16.0. The van der Waals surface area contributed by atoms with Crippen molar-refractivity contribution < 1.29 is 9.36 Å². The summed E-state index contributed by atoms with van der Waals surface area (Å²) in [5, 5.41) is 10.5. The Morgan fingerprint density at radius 1 is 1.07 bits per heavy atom. The van der Waals surface area contributed by atoms with Gasteiger partial charge in [-0.2, -0.15) is 0 Å². The fraction of sp³-hybridized carbons (Fsp3) is 0.520. The summed E-state index contributed by atoms with van der Waals surface area (Å²) < 4.78 is 0.905. The highest BCUT2D eigenvalue weighted by Crippen LogP contribution is 2.38. The third-order valence-electron chi connectivity index (χ3n) is 5.11. The first-order valence-electron chi connectivity index (χ1n) is 10.8. The zero-order valence-corrected chi connectivity index (χ0v) is 20.5. The second-order valence-electron chi connectivity index (χ2n) is 7.33. The Morgan fingerprint density at radius 3 is 2.32 bits per heavy atom. The number of phenolic OH excluding ortho intramolecular Hbond substituents is 1. The molecule has 1 N–H and O–H groups in total. The van der Waals surface area contributed by atoms with Crippen LogP contribution in [0, 0.1) is 6.92 Å². The lowest BCUT2D eigenvalue weighted by Crippen LogP contribution is -2.40. The quantitative estimate of drug-likeness (QED) is 0.493. The molecule has 3 atom stereocenters. The van der Waals surface area contributed by atoms with Crippen LogP contribution in [-0.4, -0.2) is 29.0 Å². The predicted molar refractivity (Wildman–Crippen MR) is 130 cm³/mol. The molecule has 0 bridgehead atoms. The van der Waals surface area contributed by atoms with E-state index in [1.165, 1.54) is 11.1 Å². The van der Waals surface area contributed by atoms with Crippen molar-refractivity contribution in [2.75, 3.05) is 13.6 Å². The fourth-order valence-electron chi connectivity index (χ4n) is 3.01. The Kier molecular flexibility index (Phi) is 13.1. The molecule has 3 unspecified atom stereocenters. The van der Waals surface area contributed by atoms with Crippen LogP contribution in [0.1, 0.15) is 71.4 Å². The van der Waals surface area contributed by atoms with Crippen molar-refractivity contribution in [2.45, 2.75) is 73.3 Å². The van der Waals surface area contributed by atoms with Gasteiger partial charge in [0.25, 0.3) is 0 Å². The van der Waals surface area contributed by atoms with Gasteiger partial charge in [0.05, 0.1) is 29.0 Å². The van der Waals surface area contributed by atoms with Gasteiger partial charge in [0.2, 0.25) is 0 Å². The van der Waals surface area contributed by atoms with Crippen LogP contribution in [0.25, 0.3) is 0 Å². The number of hydrogen-bond acceptors (Lipinski definition) is 1. The van der Waals surface area contributed by atoms with Gasteiger partial charge in [-0.1, -0.05) is 81.3 Å². The minimum atomic E-state index is 0.244. The largest absolute Gasteiger partial charge is 0.508 e. The first-order valence-corrected chi connectivity index (χ1v) is 11.3. The zero-order valence-electron chi connectivity index (χ0n) is 19.4. The van der Waals surface area contributed by atoms with E-state index in [0.717, 1.165) is 29.2 Å². The monoisotopic (exact) mass is 404 g/mol. The van der Waals surface area contributed by atoms with Crippen LogP contribution < -0.4 is 0 Å². The van der Waals surface area contributed by atoms with Crippen molar-refractivity contribution in [3.05, 3.63) is 65.3 Å². The summed E-state index contributed by atoms with van der Waals surface area (Å²) in [5.41, 5.74) is 3.62. The van der Waals surface area contributed by atoms with E-state index in [-0.39, 0.29) is 5.92 Å². The molecule has 1 aliphatic rings. The molecule has 2 nitrogen and oxygen atoms in total. The Bertz CT molecular complexity index is 657. The standard InChI is InChI=1S/C21H30NOP.2C2H6/c1-16(2)22(4,24)14-13-19(18-9-7-5-6-8-10-18)20-15-17(3)11-12-21(20)23;2*1-2/h5-9,11-12,15-16,19H,10,13-14,24H2,1-4H3;2*1-2H3/p+1. The summed E-state index contributed by atoms with van der Waals surface area (Å²) in [6.07, 6.45) is 12.7. The maximum atomic E-state index is 10.5. The fourth-order valence-corrected chi connectivity index (χ4v) is 3.16. The molecule has 0 aliphatic heterocycles. The lowest BCUT2D eigenvalue weighted by Gasteiger charge is -2.35. The number of allylic oxidation sites excluding steroid dienone is 6. The number of nitrogens with zero attached hydrogens (tertiary/aromatic N) is 1. The molecule has 3 heteroatoms. The minimum absolute atomic E-state index is 0.244. The number of aryl methyl sites for hydroxylation is 1. The first kappa shape index (κ1) is 26.6. The van der Waals surface area contributed by atoms with Gasteiger partial charge < -0.3 is 9.36 Å². The van der Waals surface area contributed by atoms with E-state index in [9.17, 15) is 5.11 Å². The van der Waals surface area contributed by atoms with Gasteiger partial charge in [-0.05, 0) is 33.3 Å². The lowest BCUT2D eigenvalue weighted by atomic mass is 9.85. The van der Waals surface area contributed by atoms with E-state index in [0.29, 0.717) is 11.8 Å². The SMILES string of the molecule is CC.CC.Cc1ccc(O)c(C(CC[N+](C)(P)C(C)C)C2=CC=CC=CC2)c1. The molecule has 0 aromatic heterocycles. The molecule has 1 aliphatic carbocycles. The maximum Gasteiger partial charge on any atom is 0.119 e. The van der Waals surface area contributed by atoms with E-state index in [2.05, 4.69) is 73.7 Å². The molecule has 2 rings (SSSR count). The third kappa shape index (κ3) is 8.33. The van der Waals surface area contributed by atoms with Gasteiger partial charge in [-0.15, -0.1) is 0 Å². The number of rotatable bonds is 6. The van der Waals surface area contributed by atoms with Crippen LogP contribution in [0.5, 0.6) is 5.75 Å². The Hall–Kier alpha value is -1.37. The highest BCUT2D eigenvalue weighted by Gasteiger charge is 2.26. The Labute approximate surface area is 176 Å². The van der Waals surface area contributed by atoms with Gasteiger partial charge in [0, 0.05) is 17.9 Å². The molecule has 0 saturated carbocycles. The average Bonchev–Trinajstić information content (AvgIpc) is 2.97. The molecule has 0 saturated heterocycles. The molecule has 28 heavy (non-hydrogen) atoms. The van der Waals surface area contributed by atoms with Crippen molar-refractivity contribution in [1.29, 1.82) is 0 Å². The van der Waals surface area contributed by atoms with E-state index in [1.807, 2.05) is 39.8 Å². The molecule has 0 heterocycles. The number of quaternary nitrogens is 1. The molecule has 1 aromatic carbocycles. The van der Waals surface area contributed by atoms with E-state index in [4.69, 9.17) is 0 Å². The van der Waals surface area contributed by atoms with Crippen LogP contribution in [0.4, 0.5) is 0 Å². The summed E-state index contributed by atoms with van der Waals surface area (Å²) in [5.74, 6) is 0.653. The molecule has 1 aromatic rings. The first-order chi connectivity index (χ1) is 13.3. The Balaban J connectivity index is 0.00000171. The minimum Gasteiger partial charge on any atom is -0.508 e. The van der Waals surface area contributed by atoms with Crippen LogP contribution in [0.2, 0.25) is 0 Å². The third-order valence-corrected chi connectivity index (χ3v) is 5.96. The van der Waals surface area contributed by atoms with E-state index >= 15 is 0 Å². The predicted octanol–water partition coefficient (Wildman–Crippen LogP) is 7.31. The van der Waals surface area contributed by atoms with E-state index < -0.39 is 0 Å². The summed E-state index contributed by atoms with van der Waals surface area (Å²) in [6.45, 7) is 15.6. The zero-order chi connectivity index (χ0) is 21.7. The maximum absolute atomic E-state index is 10.5. The van der Waals surface area contributed by atoms with Gasteiger partial charge in [0.15, 0.2) is 0 Å². The van der Waals surface area contributed by atoms with Gasteiger partial charge in [-0.25, -0.2) is 0 Å². The van der Waals surface area contributed by atoms with Crippen molar-refractivity contribution in [3.8, 4) is 5.75 Å². The number of hydrogen-bond donors (Lipinski definition) is 1. The van der Waals surface area contributed by atoms with Crippen LogP contribution >= 0.6 is 9.39 Å². The molecule has 0 fully saturated rings. The molecule has 158 valence electrons. The molecule has 0 spiro atoms. The summed E-state index contributed by atoms with van der Waals surface area (Å²) >= 11 is 0. The molecular formula is C25H43NOP+.